The maximum atomic E-state index is 12.0. The van der Waals surface area contributed by atoms with E-state index in [2.05, 4.69) is 5.32 Å². The molecule has 0 unspecified atom stereocenters. The first kappa shape index (κ1) is 19.0. The molecule has 2 aromatic carbocycles. The Kier molecular flexibility index (Phi) is 7.07. The number of nitrogens with two attached hydrogens (primary N) is 1. The quantitative estimate of drug-likeness (QED) is 0.848. The third-order valence-corrected chi connectivity index (χ3v) is 3.49. The van der Waals surface area contributed by atoms with Crippen LogP contribution in [0.2, 0.25) is 0 Å². The number of halogens is 1. The molecule has 23 heavy (non-hydrogen) atoms. The Balaban J connectivity index is 0.00000264. The lowest BCUT2D eigenvalue weighted by Crippen LogP contribution is -2.37. The van der Waals surface area contributed by atoms with E-state index in [-0.39, 0.29) is 18.3 Å². The number of amides is 1. The van der Waals surface area contributed by atoms with Gasteiger partial charge in [-0.2, -0.15) is 0 Å². The van der Waals surface area contributed by atoms with E-state index in [1.807, 2.05) is 68.4 Å². The zero-order chi connectivity index (χ0) is 16.0. The molecule has 0 bridgehead atoms. The van der Waals surface area contributed by atoms with Crippen molar-refractivity contribution in [1.29, 1.82) is 0 Å². The van der Waals surface area contributed by atoms with Crippen LogP contribution in [0.15, 0.2) is 54.6 Å². The van der Waals surface area contributed by atoms with Crippen LogP contribution < -0.4 is 15.8 Å². The van der Waals surface area contributed by atoms with Crippen molar-refractivity contribution < 1.29 is 9.53 Å². The van der Waals surface area contributed by atoms with Crippen LogP contribution in [0.3, 0.4) is 0 Å². The minimum absolute atomic E-state index is 0. The molecule has 0 aliphatic rings. The van der Waals surface area contributed by atoms with Crippen LogP contribution in [-0.4, -0.2) is 12.5 Å². The highest BCUT2D eigenvalue weighted by molar-refractivity contribution is 5.95. The first-order valence-electron chi connectivity index (χ1n) is 7.29. The van der Waals surface area contributed by atoms with E-state index in [0.29, 0.717) is 13.2 Å². The highest BCUT2D eigenvalue weighted by Gasteiger charge is 2.25. The molecule has 0 aliphatic heterocycles. The predicted molar refractivity (Wildman–Crippen MR) is 95.9 cm³/mol. The second kappa shape index (κ2) is 8.56. The standard InChI is InChI=1S/C18H22N2O2.ClH/c1-18(2,13-19)17(21)20-15-8-10-16(11-9-15)22-12-14-6-4-3-5-7-14;/h3-11H,12-13,19H2,1-2H3,(H,20,21);1H. The molecule has 0 heterocycles. The van der Waals surface area contributed by atoms with Gasteiger partial charge in [0, 0.05) is 12.2 Å². The van der Waals surface area contributed by atoms with Gasteiger partial charge in [0.25, 0.3) is 0 Å². The van der Waals surface area contributed by atoms with Crippen molar-refractivity contribution >= 4 is 24.0 Å². The summed E-state index contributed by atoms with van der Waals surface area (Å²) in [6, 6.07) is 17.3. The molecule has 1 amide bonds. The second-order valence-corrected chi connectivity index (χ2v) is 5.84. The molecule has 2 rings (SSSR count). The highest BCUT2D eigenvalue weighted by atomic mass is 35.5. The number of carbonyl (C=O) groups excluding carboxylic acids is 1. The lowest BCUT2D eigenvalue weighted by atomic mass is 9.92. The fraction of sp³-hybridized carbons (Fsp3) is 0.278. The van der Waals surface area contributed by atoms with Gasteiger partial charge in [0.2, 0.25) is 5.91 Å². The van der Waals surface area contributed by atoms with Crippen molar-refractivity contribution in [2.24, 2.45) is 11.1 Å². The Hall–Kier alpha value is -2.04. The second-order valence-electron chi connectivity index (χ2n) is 5.84. The van der Waals surface area contributed by atoms with E-state index in [9.17, 15) is 4.79 Å². The van der Waals surface area contributed by atoms with E-state index in [1.165, 1.54) is 0 Å². The predicted octanol–water partition coefficient (Wildman–Crippen LogP) is 3.61. The van der Waals surface area contributed by atoms with Gasteiger partial charge in [0.15, 0.2) is 0 Å². The van der Waals surface area contributed by atoms with Crippen LogP contribution in [0.4, 0.5) is 5.69 Å². The lowest BCUT2D eigenvalue weighted by molar-refractivity contribution is -0.123. The van der Waals surface area contributed by atoms with Crippen LogP contribution in [-0.2, 0) is 11.4 Å². The fourth-order valence-electron chi connectivity index (χ4n) is 1.77. The van der Waals surface area contributed by atoms with E-state index in [0.717, 1.165) is 17.0 Å². The number of ether oxygens (including phenoxy) is 1. The summed E-state index contributed by atoms with van der Waals surface area (Å²) in [5.41, 5.74) is 6.87. The first-order valence-corrected chi connectivity index (χ1v) is 7.29. The van der Waals surface area contributed by atoms with Gasteiger partial charge in [-0.3, -0.25) is 4.79 Å². The minimum atomic E-state index is -0.581. The Labute approximate surface area is 143 Å². The van der Waals surface area contributed by atoms with Crippen LogP contribution in [0.25, 0.3) is 0 Å². The summed E-state index contributed by atoms with van der Waals surface area (Å²) in [5.74, 6) is 0.674. The molecule has 2 aromatic rings. The third-order valence-electron chi connectivity index (χ3n) is 3.49. The van der Waals surface area contributed by atoms with Gasteiger partial charge >= 0.3 is 0 Å². The summed E-state index contributed by atoms with van der Waals surface area (Å²) in [5, 5.41) is 2.86. The molecule has 0 atom stereocenters. The molecule has 4 nitrogen and oxygen atoms in total. The largest absolute Gasteiger partial charge is 0.489 e. The van der Waals surface area contributed by atoms with Gasteiger partial charge in [-0.05, 0) is 43.7 Å². The number of nitrogens with one attached hydrogen (secondary N) is 1. The molecular weight excluding hydrogens is 312 g/mol. The van der Waals surface area contributed by atoms with Crippen molar-refractivity contribution in [1.82, 2.24) is 0 Å². The Bertz CT molecular complexity index is 613. The van der Waals surface area contributed by atoms with Crippen LogP contribution in [0.5, 0.6) is 5.75 Å². The van der Waals surface area contributed by atoms with Crippen molar-refractivity contribution in [3.63, 3.8) is 0 Å². The Morgan fingerprint density at radius 1 is 1.09 bits per heavy atom. The molecule has 0 fully saturated rings. The number of rotatable bonds is 6. The summed E-state index contributed by atoms with van der Waals surface area (Å²) in [4.78, 5) is 12.0. The maximum absolute atomic E-state index is 12.0. The summed E-state index contributed by atoms with van der Waals surface area (Å²) in [6.07, 6.45) is 0. The van der Waals surface area contributed by atoms with Crippen molar-refractivity contribution in [2.75, 3.05) is 11.9 Å². The molecule has 5 heteroatoms. The molecule has 0 aromatic heterocycles. The van der Waals surface area contributed by atoms with E-state index in [4.69, 9.17) is 10.5 Å². The summed E-state index contributed by atoms with van der Waals surface area (Å²) in [7, 11) is 0. The van der Waals surface area contributed by atoms with Gasteiger partial charge < -0.3 is 15.8 Å². The molecule has 0 saturated carbocycles. The van der Waals surface area contributed by atoms with Gasteiger partial charge in [0.05, 0.1) is 5.41 Å². The smallest absolute Gasteiger partial charge is 0.231 e. The average molecular weight is 335 g/mol. The Morgan fingerprint density at radius 3 is 2.26 bits per heavy atom. The SMILES string of the molecule is CC(C)(CN)C(=O)Nc1ccc(OCc2ccccc2)cc1.Cl. The number of anilines is 1. The van der Waals surface area contributed by atoms with E-state index >= 15 is 0 Å². The zero-order valence-electron chi connectivity index (χ0n) is 13.4. The van der Waals surface area contributed by atoms with E-state index < -0.39 is 5.41 Å². The number of hydrogen-bond acceptors (Lipinski definition) is 3. The van der Waals surface area contributed by atoms with Gasteiger partial charge in [-0.25, -0.2) is 0 Å². The lowest BCUT2D eigenvalue weighted by Gasteiger charge is -2.21. The monoisotopic (exact) mass is 334 g/mol. The van der Waals surface area contributed by atoms with Gasteiger partial charge in [0.1, 0.15) is 12.4 Å². The topological polar surface area (TPSA) is 64.4 Å². The molecule has 0 spiro atoms. The number of carbonyl (C=O) groups is 1. The summed E-state index contributed by atoms with van der Waals surface area (Å²) < 4.78 is 5.71. The number of hydrogen-bond donors (Lipinski definition) is 2. The molecular formula is C18H23ClN2O2. The molecule has 3 N–H and O–H groups in total. The number of benzene rings is 2. The third kappa shape index (κ3) is 5.58. The highest BCUT2D eigenvalue weighted by Crippen LogP contribution is 2.20. The van der Waals surface area contributed by atoms with Crippen LogP contribution in [0, 0.1) is 5.41 Å². The van der Waals surface area contributed by atoms with Crippen molar-refractivity contribution in [3.05, 3.63) is 60.2 Å². The average Bonchev–Trinajstić information content (AvgIpc) is 2.55. The first-order chi connectivity index (χ1) is 10.5. The summed E-state index contributed by atoms with van der Waals surface area (Å²) in [6.45, 7) is 4.46. The Morgan fingerprint density at radius 2 is 1.70 bits per heavy atom. The maximum Gasteiger partial charge on any atom is 0.231 e. The van der Waals surface area contributed by atoms with Crippen LogP contribution >= 0.6 is 12.4 Å². The molecule has 124 valence electrons. The molecule has 0 radical (unpaired) electrons. The van der Waals surface area contributed by atoms with Gasteiger partial charge in [-0.1, -0.05) is 30.3 Å². The molecule has 0 aliphatic carbocycles. The van der Waals surface area contributed by atoms with Crippen LogP contribution in [0.1, 0.15) is 19.4 Å². The fourth-order valence-corrected chi connectivity index (χ4v) is 1.77. The van der Waals surface area contributed by atoms with Crippen molar-refractivity contribution in [2.45, 2.75) is 20.5 Å². The zero-order valence-corrected chi connectivity index (χ0v) is 14.2. The minimum Gasteiger partial charge on any atom is -0.489 e. The summed E-state index contributed by atoms with van der Waals surface area (Å²) >= 11 is 0. The van der Waals surface area contributed by atoms with Gasteiger partial charge in [-0.15, -0.1) is 12.4 Å². The molecule has 0 saturated heterocycles. The van der Waals surface area contributed by atoms with E-state index in [1.54, 1.807) is 0 Å². The normalized spacial score (nSPS) is 10.6. The van der Waals surface area contributed by atoms with Crippen molar-refractivity contribution in [3.8, 4) is 5.75 Å².